The Morgan fingerprint density at radius 3 is 2.00 bits per heavy atom. The molecule has 0 aliphatic carbocycles. The maximum absolute atomic E-state index is 11.9. The Morgan fingerprint density at radius 1 is 0.962 bits per heavy atom. The van der Waals surface area contributed by atoms with E-state index >= 15 is 0 Å². The van der Waals surface area contributed by atoms with Crippen molar-refractivity contribution < 1.29 is 32.3 Å². The fourth-order valence-corrected chi connectivity index (χ4v) is 4.78. The molecule has 1 atom stereocenters. The van der Waals surface area contributed by atoms with Crippen LogP contribution in [0.2, 0.25) is 6.04 Å². The summed E-state index contributed by atoms with van der Waals surface area (Å²) >= 11 is 0. The van der Waals surface area contributed by atoms with Crippen molar-refractivity contribution in [3.05, 3.63) is 0 Å². The molecule has 0 bridgehead atoms. The van der Waals surface area contributed by atoms with Gasteiger partial charge >= 0.3 is 21.0 Å². The van der Waals surface area contributed by atoms with E-state index in [0.717, 1.165) is 0 Å². The van der Waals surface area contributed by atoms with Crippen LogP contribution in [-0.4, -0.2) is 67.1 Å². The summed E-state index contributed by atoms with van der Waals surface area (Å²) in [7, 11) is -1.23. The fraction of sp³-hybridized carbons (Fsp3) is 0.875. The Kier molecular flexibility index (Phi) is 14.0. The van der Waals surface area contributed by atoms with E-state index in [9.17, 15) is 9.59 Å². The number of carbonyl (C=O) groups excluding carboxylic acids is 2. The lowest BCUT2D eigenvalue weighted by Gasteiger charge is -2.28. The first-order valence-corrected chi connectivity index (χ1v) is 11.1. The molecular weight excluding hydrogens is 360 g/mol. The molecule has 10 heteroatoms. The van der Waals surface area contributed by atoms with E-state index in [2.05, 4.69) is 10.6 Å². The van der Waals surface area contributed by atoms with Crippen LogP contribution in [0, 0.1) is 0 Å². The predicted octanol–water partition coefficient (Wildman–Crippen LogP) is 2.29. The Hall–Kier alpha value is -1.36. The first-order valence-electron chi connectivity index (χ1n) is 9.17. The molecule has 0 aromatic rings. The third kappa shape index (κ3) is 10.6. The van der Waals surface area contributed by atoms with Crippen molar-refractivity contribution in [3.63, 3.8) is 0 Å². The molecular formula is C16H34N2O7Si. The van der Waals surface area contributed by atoms with Gasteiger partial charge in [0.2, 0.25) is 0 Å². The third-order valence-electron chi connectivity index (χ3n) is 3.36. The van der Waals surface area contributed by atoms with E-state index in [4.69, 9.17) is 22.8 Å². The summed E-state index contributed by atoms with van der Waals surface area (Å²) in [5.74, 6) is 0. The summed E-state index contributed by atoms with van der Waals surface area (Å²) in [4.78, 5) is 22.9. The lowest BCUT2D eigenvalue weighted by atomic mass is 10.3. The number of hydrogen-bond donors (Lipinski definition) is 2. The van der Waals surface area contributed by atoms with Gasteiger partial charge in [0.05, 0.1) is 0 Å². The molecule has 9 nitrogen and oxygen atoms in total. The van der Waals surface area contributed by atoms with Crippen molar-refractivity contribution in [1.82, 2.24) is 10.6 Å². The Labute approximate surface area is 157 Å². The molecule has 0 saturated heterocycles. The van der Waals surface area contributed by atoms with E-state index < -0.39 is 27.1 Å². The minimum atomic E-state index is -2.69. The minimum absolute atomic E-state index is 0.0125. The van der Waals surface area contributed by atoms with Crippen LogP contribution in [0.15, 0.2) is 0 Å². The minimum Gasteiger partial charge on any atom is -0.446 e. The van der Waals surface area contributed by atoms with E-state index in [1.807, 2.05) is 27.7 Å². The van der Waals surface area contributed by atoms with Crippen molar-refractivity contribution in [2.24, 2.45) is 0 Å². The topological polar surface area (TPSA) is 104 Å². The van der Waals surface area contributed by atoms with Crippen molar-refractivity contribution in [3.8, 4) is 0 Å². The monoisotopic (exact) mass is 394 g/mol. The maximum atomic E-state index is 11.9. The lowest BCUT2D eigenvalue weighted by Crippen LogP contribution is -2.46. The van der Waals surface area contributed by atoms with Crippen LogP contribution in [0.3, 0.4) is 0 Å². The molecule has 0 aliphatic rings. The van der Waals surface area contributed by atoms with E-state index in [1.54, 1.807) is 0 Å². The highest BCUT2D eigenvalue weighted by molar-refractivity contribution is 6.60. The highest BCUT2D eigenvalue weighted by Gasteiger charge is 2.39. The molecule has 26 heavy (non-hydrogen) atoms. The number of hydrogen-bond acceptors (Lipinski definition) is 7. The van der Waals surface area contributed by atoms with Crippen LogP contribution < -0.4 is 10.6 Å². The second-order valence-electron chi connectivity index (χ2n) is 5.30. The first-order chi connectivity index (χ1) is 12.5. The summed E-state index contributed by atoms with van der Waals surface area (Å²) in [6, 6.07) is 0.611. The van der Waals surface area contributed by atoms with Crippen LogP contribution in [0.5, 0.6) is 0 Å². The largest absolute Gasteiger partial charge is 0.500 e. The SMILES string of the molecule is CCO[Si](CCCNC(=O)OC(CC)COC(=O)NC)(OCC)OCC. The Morgan fingerprint density at radius 2 is 1.54 bits per heavy atom. The van der Waals surface area contributed by atoms with Crippen molar-refractivity contribution in [1.29, 1.82) is 0 Å². The van der Waals surface area contributed by atoms with Crippen LogP contribution in [-0.2, 0) is 22.8 Å². The van der Waals surface area contributed by atoms with Gasteiger partial charge in [0.25, 0.3) is 0 Å². The van der Waals surface area contributed by atoms with Gasteiger partial charge in [0.15, 0.2) is 0 Å². The molecule has 0 aromatic heterocycles. The predicted molar refractivity (Wildman–Crippen MR) is 99.0 cm³/mol. The van der Waals surface area contributed by atoms with Crippen molar-refractivity contribution in [2.75, 3.05) is 40.0 Å². The van der Waals surface area contributed by atoms with Gasteiger partial charge in [-0.3, -0.25) is 0 Å². The summed E-state index contributed by atoms with van der Waals surface area (Å²) in [5, 5.41) is 5.02. The van der Waals surface area contributed by atoms with Gasteiger partial charge in [-0.15, -0.1) is 0 Å². The van der Waals surface area contributed by atoms with Crippen LogP contribution in [0.1, 0.15) is 40.5 Å². The van der Waals surface area contributed by atoms with E-state index in [1.165, 1.54) is 7.05 Å². The van der Waals surface area contributed by atoms with E-state index in [-0.39, 0.29) is 6.61 Å². The van der Waals surface area contributed by atoms with Gasteiger partial charge in [-0.1, -0.05) is 6.92 Å². The molecule has 0 radical (unpaired) electrons. The molecule has 0 fully saturated rings. The summed E-state index contributed by atoms with van der Waals surface area (Å²) in [5.41, 5.74) is 0. The zero-order valence-corrected chi connectivity index (χ0v) is 17.6. The number of nitrogens with one attached hydrogen (secondary N) is 2. The number of ether oxygens (including phenoxy) is 2. The smallest absolute Gasteiger partial charge is 0.446 e. The first kappa shape index (κ1) is 24.6. The molecule has 0 aromatic carbocycles. The number of alkyl carbamates (subject to hydrolysis) is 2. The number of rotatable bonds is 14. The second-order valence-corrected chi connectivity index (χ2v) is 8.03. The zero-order chi connectivity index (χ0) is 19.8. The standard InChI is InChI=1S/C16H34N2O7Si/c1-6-14(13-21-15(19)17-5)25-16(20)18-11-10-12-26(22-7-2,23-8-3)24-9-4/h14H,6-13H2,1-5H3,(H,17,19)(H,18,20). The van der Waals surface area contributed by atoms with Crippen LogP contribution in [0.25, 0.3) is 0 Å². The summed E-state index contributed by atoms with van der Waals surface area (Å²) in [6.07, 6.45) is -0.409. The molecule has 0 heterocycles. The number of carbonyl (C=O) groups is 2. The molecule has 2 amide bonds. The molecule has 1 unspecified atom stereocenters. The molecule has 0 aliphatic heterocycles. The van der Waals surface area contributed by atoms with Gasteiger partial charge in [-0.25, -0.2) is 9.59 Å². The van der Waals surface area contributed by atoms with Gasteiger partial charge in [0.1, 0.15) is 12.7 Å². The molecule has 0 rings (SSSR count). The quantitative estimate of drug-likeness (QED) is 0.344. The zero-order valence-electron chi connectivity index (χ0n) is 16.6. The second kappa shape index (κ2) is 14.8. The number of amides is 2. The highest BCUT2D eigenvalue weighted by Crippen LogP contribution is 2.17. The molecule has 2 N–H and O–H groups in total. The maximum Gasteiger partial charge on any atom is 0.500 e. The Bertz CT molecular complexity index is 382. The average molecular weight is 395 g/mol. The molecule has 154 valence electrons. The fourth-order valence-electron chi connectivity index (χ4n) is 2.17. The van der Waals surface area contributed by atoms with Gasteiger partial charge < -0.3 is 33.4 Å². The van der Waals surface area contributed by atoms with Gasteiger partial charge in [-0.05, 0) is 33.6 Å². The van der Waals surface area contributed by atoms with Gasteiger partial charge in [0, 0.05) is 39.5 Å². The molecule has 0 saturated carbocycles. The molecule has 0 spiro atoms. The summed E-state index contributed by atoms with van der Waals surface area (Å²) < 4.78 is 27.4. The third-order valence-corrected chi connectivity index (χ3v) is 6.51. The van der Waals surface area contributed by atoms with Crippen molar-refractivity contribution >= 4 is 21.0 Å². The average Bonchev–Trinajstić information content (AvgIpc) is 2.62. The van der Waals surface area contributed by atoms with Crippen molar-refractivity contribution in [2.45, 2.75) is 52.7 Å². The normalized spacial score (nSPS) is 12.3. The van der Waals surface area contributed by atoms with Crippen LogP contribution in [0.4, 0.5) is 9.59 Å². The van der Waals surface area contributed by atoms with Crippen LogP contribution >= 0.6 is 0 Å². The van der Waals surface area contributed by atoms with E-state index in [0.29, 0.717) is 45.3 Å². The summed E-state index contributed by atoms with van der Waals surface area (Å²) in [6.45, 7) is 9.54. The highest BCUT2D eigenvalue weighted by atomic mass is 28.4. The lowest BCUT2D eigenvalue weighted by molar-refractivity contribution is 0.0428. The van der Waals surface area contributed by atoms with Gasteiger partial charge in [-0.2, -0.15) is 0 Å². The Balaban J connectivity index is 4.25.